The Kier molecular flexibility index (Phi) is 4.50. The normalized spacial score (nSPS) is 10.8. The third kappa shape index (κ3) is 3.42. The molecular formula is C24H17N5O. The van der Waals surface area contributed by atoms with Crippen molar-refractivity contribution < 1.29 is 4.79 Å². The van der Waals surface area contributed by atoms with Crippen LogP contribution in [0, 0.1) is 0 Å². The van der Waals surface area contributed by atoms with Gasteiger partial charge in [0.05, 0.1) is 16.9 Å². The minimum Gasteiger partial charge on any atom is -0.305 e. The highest BCUT2D eigenvalue weighted by Crippen LogP contribution is 2.24. The van der Waals surface area contributed by atoms with E-state index in [0.717, 1.165) is 22.3 Å². The van der Waals surface area contributed by atoms with Crippen molar-refractivity contribution in [2.75, 3.05) is 5.32 Å². The molecule has 0 bridgehead atoms. The van der Waals surface area contributed by atoms with Crippen molar-refractivity contribution in [2.45, 2.75) is 0 Å². The zero-order valence-corrected chi connectivity index (χ0v) is 15.9. The molecule has 2 aromatic carbocycles. The van der Waals surface area contributed by atoms with Crippen LogP contribution >= 0.6 is 0 Å². The topological polar surface area (TPSA) is 72.7 Å². The number of amides is 1. The van der Waals surface area contributed by atoms with Crippen LogP contribution in [0.3, 0.4) is 0 Å². The molecule has 5 aromatic rings. The number of aromatic nitrogens is 4. The molecule has 3 heterocycles. The fourth-order valence-corrected chi connectivity index (χ4v) is 3.25. The van der Waals surface area contributed by atoms with Gasteiger partial charge in [-0.25, -0.2) is 9.67 Å². The molecule has 0 atom stereocenters. The van der Waals surface area contributed by atoms with Crippen LogP contribution in [0.4, 0.5) is 5.82 Å². The number of anilines is 1. The van der Waals surface area contributed by atoms with Gasteiger partial charge in [-0.3, -0.25) is 9.78 Å². The molecular weight excluding hydrogens is 374 g/mol. The Morgan fingerprint density at radius 1 is 0.800 bits per heavy atom. The fourth-order valence-electron chi connectivity index (χ4n) is 3.25. The van der Waals surface area contributed by atoms with E-state index in [9.17, 15) is 4.79 Å². The van der Waals surface area contributed by atoms with Gasteiger partial charge in [0.1, 0.15) is 17.2 Å². The van der Waals surface area contributed by atoms with Crippen LogP contribution in [-0.4, -0.2) is 25.7 Å². The monoisotopic (exact) mass is 391 g/mol. The maximum absolute atomic E-state index is 13.0. The summed E-state index contributed by atoms with van der Waals surface area (Å²) in [5, 5.41) is 8.60. The molecule has 0 aliphatic carbocycles. The number of carbonyl (C=O) groups is 1. The molecule has 0 saturated heterocycles. The van der Waals surface area contributed by atoms with Crippen molar-refractivity contribution in [2.24, 2.45) is 0 Å². The number of nitrogens with one attached hydrogen (secondary N) is 1. The fraction of sp³-hybridized carbons (Fsp3) is 0. The van der Waals surface area contributed by atoms with E-state index in [2.05, 4.69) is 20.4 Å². The summed E-state index contributed by atoms with van der Waals surface area (Å²) in [6.45, 7) is 0. The van der Waals surface area contributed by atoms with Gasteiger partial charge in [0.15, 0.2) is 0 Å². The van der Waals surface area contributed by atoms with Crippen molar-refractivity contribution in [1.82, 2.24) is 19.7 Å². The van der Waals surface area contributed by atoms with E-state index in [4.69, 9.17) is 0 Å². The van der Waals surface area contributed by atoms with Gasteiger partial charge >= 0.3 is 0 Å². The Hall–Kier alpha value is -4.32. The van der Waals surface area contributed by atoms with Crippen LogP contribution in [0.5, 0.6) is 0 Å². The molecule has 0 aliphatic rings. The zero-order chi connectivity index (χ0) is 20.3. The number of benzene rings is 2. The molecule has 0 aliphatic heterocycles. The van der Waals surface area contributed by atoms with E-state index < -0.39 is 0 Å². The standard InChI is InChI=1S/C24H17N5O/c30-24(21-14-13-17-8-4-5-11-19(17)26-21)27-23-16-22(20-12-6-7-15-25-20)28-29(23)18-9-2-1-3-10-18/h1-16H,(H,27,30). The lowest BCUT2D eigenvalue weighted by atomic mass is 10.2. The lowest BCUT2D eigenvalue weighted by Crippen LogP contribution is -2.16. The average molecular weight is 391 g/mol. The van der Waals surface area contributed by atoms with E-state index in [1.807, 2.05) is 84.9 Å². The first-order valence-corrected chi connectivity index (χ1v) is 9.52. The van der Waals surface area contributed by atoms with Gasteiger partial charge in [-0.1, -0.05) is 48.5 Å². The number of hydrogen-bond donors (Lipinski definition) is 1. The predicted molar refractivity (Wildman–Crippen MR) is 116 cm³/mol. The molecule has 144 valence electrons. The van der Waals surface area contributed by atoms with Crippen molar-refractivity contribution >= 4 is 22.6 Å². The zero-order valence-electron chi connectivity index (χ0n) is 15.9. The number of nitrogens with zero attached hydrogens (tertiary/aromatic N) is 4. The predicted octanol–water partition coefficient (Wildman–Crippen LogP) is 4.73. The van der Waals surface area contributed by atoms with E-state index in [-0.39, 0.29) is 5.91 Å². The first-order valence-electron chi connectivity index (χ1n) is 9.52. The first kappa shape index (κ1) is 17.8. The molecule has 0 unspecified atom stereocenters. The number of para-hydroxylation sites is 2. The molecule has 0 fully saturated rings. The third-order valence-electron chi connectivity index (χ3n) is 4.71. The summed E-state index contributed by atoms with van der Waals surface area (Å²) in [6.07, 6.45) is 1.72. The largest absolute Gasteiger partial charge is 0.305 e. The molecule has 6 heteroatoms. The minimum absolute atomic E-state index is 0.301. The lowest BCUT2D eigenvalue weighted by Gasteiger charge is -2.09. The number of carbonyl (C=O) groups excluding carboxylic acids is 1. The molecule has 0 radical (unpaired) electrons. The van der Waals surface area contributed by atoms with E-state index in [0.29, 0.717) is 17.2 Å². The van der Waals surface area contributed by atoms with Crippen LogP contribution in [0.1, 0.15) is 10.5 Å². The molecule has 3 aromatic heterocycles. The number of hydrogen-bond acceptors (Lipinski definition) is 4. The Labute approximate surface area is 172 Å². The summed E-state index contributed by atoms with van der Waals surface area (Å²) in [5.41, 5.74) is 3.35. The lowest BCUT2D eigenvalue weighted by molar-refractivity contribution is 0.102. The van der Waals surface area contributed by atoms with E-state index in [1.165, 1.54) is 0 Å². The highest BCUT2D eigenvalue weighted by atomic mass is 16.2. The number of fused-ring (bicyclic) bond motifs is 1. The number of pyridine rings is 2. The summed E-state index contributed by atoms with van der Waals surface area (Å²) in [5.74, 6) is 0.243. The van der Waals surface area contributed by atoms with Crippen LogP contribution in [-0.2, 0) is 0 Å². The molecule has 1 amide bonds. The Bertz CT molecular complexity index is 1330. The molecule has 0 saturated carbocycles. The van der Waals surface area contributed by atoms with Crippen molar-refractivity contribution in [3.8, 4) is 17.1 Å². The molecule has 30 heavy (non-hydrogen) atoms. The summed E-state index contributed by atoms with van der Waals surface area (Å²) in [7, 11) is 0. The molecule has 1 N–H and O–H groups in total. The van der Waals surface area contributed by atoms with Crippen LogP contribution in [0.15, 0.2) is 97.2 Å². The summed E-state index contributed by atoms with van der Waals surface area (Å²) in [6, 6.07) is 28.4. The number of rotatable bonds is 4. The Balaban J connectivity index is 1.53. The van der Waals surface area contributed by atoms with E-state index >= 15 is 0 Å². The average Bonchev–Trinajstić information content (AvgIpc) is 3.23. The quantitative estimate of drug-likeness (QED) is 0.480. The highest BCUT2D eigenvalue weighted by Gasteiger charge is 2.16. The van der Waals surface area contributed by atoms with Gasteiger partial charge in [0.25, 0.3) is 5.91 Å². The minimum atomic E-state index is -0.301. The van der Waals surface area contributed by atoms with E-state index in [1.54, 1.807) is 16.9 Å². The summed E-state index contributed by atoms with van der Waals surface area (Å²) in [4.78, 5) is 21.8. The first-order chi connectivity index (χ1) is 14.8. The molecule has 5 rings (SSSR count). The Morgan fingerprint density at radius 2 is 1.60 bits per heavy atom. The molecule has 0 spiro atoms. The van der Waals surface area contributed by atoms with Gasteiger partial charge in [-0.05, 0) is 36.4 Å². The van der Waals surface area contributed by atoms with Gasteiger partial charge in [0.2, 0.25) is 0 Å². The highest BCUT2D eigenvalue weighted by molar-refractivity contribution is 6.04. The Morgan fingerprint density at radius 3 is 2.43 bits per heavy atom. The van der Waals surface area contributed by atoms with Gasteiger partial charge in [0, 0.05) is 17.6 Å². The second-order valence-corrected chi connectivity index (χ2v) is 6.72. The second kappa shape index (κ2) is 7.60. The summed E-state index contributed by atoms with van der Waals surface area (Å²) >= 11 is 0. The van der Waals surface area contributed by atoms with Crippen LogP contribution in [0.25, 0.3) is 28.0 Å². The van der Waals surface area contributed by atoms with Gasteiger partial charge < -0.3 is 5.32 Å². The van der Waals surface area contributed by atoms with Crippen molar-refractivity contribution in [3.05, 3.63) is 103 Å². The molecule has 6 nitrogen and oxygen atoms in total. The second-order valence-electron chi connectivity index (χ2n) is 6.72. The van der Waals surface area contributed by atoms with Crippen molar-refractivity contribution in [1.29, 1.82) is 0 Å². The van der Waals surface area contributed by atoms with Crippen LogP contribution < -0.4 is 5.32 Å². The third-order valence-corrected chi connectivity index (χ3v) is 4.71. The summed E-state index contributed by atoms with van der Waals surface area (Å²) < 4.78 is 1.70. The maximum Gasteiger partial charge on any atom is 0.275 e. The SMILES string of the molecule is O=C(Nc1cc(-c2ccccn2)nn1-c1ccccc1)c1ccc2ccccc2n1. The van der Waals surface area contributed by atoms with Gasteiger partial charge in [-0.15, -0.1) is 0 Å². The maximum atomic E-state index is 13.0. The van der Waals surface area contributed by atoms with Gasteiger partial charge in [-0.2, -0.15) is 5.10 Å². The smallest absolute Gasteiger partial charge is 0.275 e. The van der Waals surface area contributed by atoms with Crippen molar-refractivity contribution in [3.63, 3.8) is 0 Å². The van der Waals surface area contributed by atoms with Crippen LogP contribution in [0.2, 0.25) is 0 Å².